The second-order valence-corrected chi connectivity index (χ2v) is 10.2. The van der Waals surface area contributed by atoms with Crippen molar-refractivity contribution in [1.82, 2.24) is 9.97 Å². The lowest BCUT2D eigenvalue weighted by Crippen LogP contribution is -1.93. The van der Waals surface area contributed by atoms with Crippen molar-refractivity contribution in [3.8, 4) is 33.4 Å². The van der Waals surface area contributed by atoms with Gasteiger partial charge in [0.05, 0.1) is 11.0 Å². The second kappa shape index (κ2) is 9.14. The molecular weight excluding hydrogens is 484 g/mol. The Morgan fingerprint density at radius 3 is 1.25 bits per heavy atom. The molecule has 0 amide bonds. The van der Waals surface area contributed by atoms with Crippen molar-refractivity contribution in [1.29, 1.82) is 0 Å². The average Bonchev–Trinajstić information content (AvgIpc) is 3.04. The van der Waals surface area contributed by atoms with Gasteiger partial charge in [-0.15, -0.1) is 0 Å². The maximum Gasteiger partial charge on any atom is 0.0792 e. The Morgan fingerprint density at radius 1 is 0.350 bits per heavy atom. The Balaban J connectivity index is 1.48. The summed E-state index contributed by atoms with van der Waals surface area (Å²) in [6.07, 6.45) is 3.80. The third-order valence-electron chi connectivity index (χ3n) is 7.92. The Kier molecular flexibility index (Phi) is 5.17. The van der Waals surface area contributed by atoms with Crippen LogP contribution in [0.15, 0.2) is 146 Å². The van der Waals surface area contributed by atoms with Crippen LogP contribution >= 0.6 is 0 Å². The van der Waals surface area contributed by atoms with Gasteiger partial charge in [0.1, 0.15) is 0 Å². The molecule has 2 heteroatoms. The third kappa shape index (κ3) is 3.50. The van der Waals surface area contributed by atoms with E-state index in [1.165, 1.54) is 54.9 Å². The zero-order valence-corrected chi connectivity index (χ0v) is 21.8. The maximum atomic E-state index is 4.96. The van der Waals surface area contributed by atoms with Crippen molar-refractivity contribution in [3.05, 3.63) is 146 Å². The van der Waals surface area contributed by atoms with Crippen LogP contribution < -0.4 is 0 Å². The first-order valence-electron chi connectivity index (χ1n) is 13.6. The first kappa shape index (κ1) is 22.6. The minimum absolute atomic E-state index is 1.02. The summed E-state index contributed by atoms with van der Waals surface area (Å²) < 4.78 is 0. The highest BCUT2D eigenvalue weighted by atomic mass is 14.7. The highest BCUT2D eigenvalue weighted by molar-refractivity contribution is 6.22. The second-order valence-electron chi connectivity index (χ2n) is 10.2. The van der Waals surface area contributed by atoms with E-state index in [9.17, 15) is 0 Å². The van der Waals surface area contributed by atoms with Gasteiger partial charge in [0.2, 0.25) is 0 Å². The van der Waals surface area contributed by atoms with Crippen molar-refractivity contribution in [2.24, 2.45) is 0 Å². The average molecular weight is 509 g/mol. The summed E-state index contributed by atoms with van der Waals surface area (Å²) in [5.74, 6) is 0. The van der Waals surface area contributed by atoms with Crippen LogP contribution in [0.3, 0.4) is 0 Å². The molecule has 2 heterocycles. The van der Waals surface area contributed by atoms with Gasteiger partial charge in [-0.2, -0.15) is 0 Å². The van der Waals surface area contributed by atoms with E-state index in [0.29, 0.717) is 0 Å². The fraction of sp³-hybridized carbons (Fsp3) is 0. The molecule has 0 aliphatic heterocycles. The number of hydrogen-bond donors (Lipinski definition) is 0. The molecule has 186 valence electrons. The van der Waals surface area contributed by atoms with Crippen molar-refractivity contribution in [3.63, 3.8) is 0 Å². The molecule has 0 aliphatic rings. The van der Waals surface area contributed by atoms with E-state index in [0.717, 1.165) is 21.8 Å². The van der Waals surface area contributed by atoms with E-state index in [2.05, 4.69) is 121 Å². The normalized spacial score (nSPS) is 11.5. The Labute approximate surface area is 232 Å². The van der Waals surface area contributed by atoms with Crippen LogP contribution in [0.5, 0.6) is 0 Å². The van der Waals surface area contributed by atoms with Crippen LogP contribution in [0, 0.1) is 0 Å². The fourth-order valence-corrected chi connectivity index (χ4v) is 6.18. The minimum Gasteiger partial charge on any atom is -0.256 e. The van der Waals surface area contributed by atoms with Crippen LogP contribution in [0.1, 0.15) is 0 Å². The van der Waals surface area contributed by atoms with Gasteiger partial charge < -0.3 is 0 Å². The molecule has 2 aromatic heterocycles. The first-order chi connectivity index (χ1) is 19.9. The smallest absolute Gasteiger partial charge is 0.0792 e. The summed E-state index contributed by atoms with van der Waals surface area (Å²) in [7, 11) is 0. The molecule has 0 fully saturated rings. The summed E-state index contributed by atoms with van der Waals surface area (Å²) in [6, 6.07) is 47.4. The number of nitrogens with zero attached hydrogens (tertiary/aromatic N) is 2. The van der Waals surface area contributed by atoms with E-state index < -0.39 is 0 Å². The lowest BCUT2D eigenvalue weighted by Gasteiger charge is -2.17. The molecule has 8 rings (SSSR count). The zero-order valence-electron chi connectivity index (χ0n) is 21.8. The van der Waals surface area contributed by atoms with Crippen LogP contribution in [0.4, 0.5) is 0 Å². The predicted octanol–water partition coefficient (Wildman–Crippen LogP) is 10.1. The summed E-state index contributed by atoms with van der Waals surface area (Å²) in [5.41, 5.74) is 9.17. The number of aromatic nitrogens is 2. The SMILES string of the molecule is c1ccc(-c2cccc3cc(-c4cc5cccc(-c6ccccc6)c5c5ncccc45)c4cccnc4c23)cc1. The van der Waals surface area contributed by atoms with Crippen LogP contribution in [0.25, 0.3) is 76.7 Å². The molecule has 0 spiro atoms. The molecule has 0 unspecified atom stereocenters. The summed E-state index contributed by atoms with van der Waals surface area (Å²) in [5, 5.41) is 7.00. The van der Waals surface area contributed by atoms with Gasteiger partial charge in [-0.05, 0) is 68.4 Å². The van der Waals surface area contributed by atoms with Gasteiger partial charge >= 0.3 is 0 Å². The highest BCUT2D eigenvalue weighted by Gasteiger charge is 2.18. The summed E-state index contributed by atoms with van der Waals surface area (Å²) >= 11 is 0. The molecule has 0 bridgehead atoms. The van der Waals surface area contributed by atoms with Gasteiger partial charge in [-0.3, -0.25) is 9.97 Å². The standard InChI is InChI=1S/C38H24N2/c1-3-11-25(12-4-1)29-17-7-15-27-23-33(31-19-9-21-39-37(31)35(27)29)34-24-28-16-8-18-30(26-13-5-2-6-14-26)36(28)38-32(34)20-10-22-40-38/h1-24H. The molecule has 0 atom stereocenters. The topological polar surface area (TPSA) is 25.8 Å². The van der Waals surface area contributed by atoms with Gasteiger partial charge in [0.15, 0.2) is 0 Å². The minimum atomic E-state index is 1.02. The summed E-state index contributed by atoms with van der Waals surface area (Å²) in [6.45, 7) is 0. The highest BCUT2D eigenvalue weighted by Crippen LogP contribution is 2.43. The van der Waals surface area contributed by atoms with E-state index >= 15 is 0 Å². The molecular formula is C38H24N2. The monoisotopic (exact) mass is 508 g/mol. The molecule has 0 aliphatic carbocycles. The third-order valence-corrected chi connectivity index (χ3v) is 7.92. The van der Waals surface area contributed by atoms with E-state index in [4.69, 9.17) is 9.97 Å². The fourth-order valence-electron chi connectivity index (χ4n) is 6.18. The predicted molar refractivity (Wildman–Crippen MR) is 168 cm³/mol. The van der Waals surface area contributed by atoms with Crippen LogP contribution in [0.2, 0.25) is 0 Å². The molecule has 6 aromatic carbocycles. The lowest BCUT2D eigenvalue weighted by molar-refractivity contribution is 1.42. The van der Waals surface area contributed by atoms with E-state index in [1.807, 2.05) is 24.5 Å². The number of fused-ring (bicyclic) bond motifs is 6. The molecule has 0 radical (unpaired) electrons. The van der Waals surface area contributed by atoms with E-state index in [1.54, 1.807) is 0 Å². The zero-order chi connectivity index (χ0) is 26.5. The van der Waals surface area contributed by atoms with Crippen LogP contribution in [-0.4, -0.2) is 9.97 Å². The molecule has 40 heavy (non-hydrogen) atoms. The molecule has 0 N–H and O–H groups in total. The van der Waals surface area contributed by atoms with Crippen molar-refractivity contribution >= 4 is 43.4 Å². The van der Waals surface area contributed by atoms with Gasteiger partial charge in [0.25, 0.3) is 0 Å². The number of pyridine rings is 2. The molecule has 2 nitrogen and oxygen atoms in total. The van der Waals surface area contributed by atoms with Crippen molar-refractivity contribution in [2.45, 2.75) is 0 Å². The van der Waals surface area contributed by atoms with Crippen molar-refractivity contribution < 1.29 is 0 Å². The van der Waals surface area contributed by atoms with E-state index in [-0.39, 0.29) is 0 Å². The number of benzene rings is 6. The molecule has 0 saturated carbocycles. The van der Waals surface area contributed by atoms with Gasteiger partial charge in [0, 0.05) is 33.9 Å². The Hall–Kier alpha value is -5.34. The lowest BCUT2D eigenvalue weighted by atomic mass is 9.88. The van der Waals surface area contributed by atoms with Gasteiger partial charge in [-0.1, -0.05) is 109 Å². The molecule has 0 saturated heterocycles. The largest absolute Gasteiger partial charge is 0.256 e. The van der Waals surface area contributed by atoms with Crippen molar-refractivity contribution in [2.75, 3.05) is 0 Å². The number of rotatable bonds is 3. The Bertz CT molecular complexity index is 2040. The summed E-state index contributed by atoms with van der Waals surface area (Å²) in [4.78, 5) is 9.92. The molecule has 8 aromatic rings. The first-order valence-corrected chi connectivity index (χ1v) is 13.6. The van der Waals surface area contributed by atoms with Gasteiger partial charge in [-0.25, -0.2) is 0 Å². The Morgan fingerprint density at radius 2 is 0.800 bits per heavy atom. The quantitative estimate of drug-likeness (QED) is 0.222. The number of hydrogen-bond acceptors (Lipinski definition) is 2. The maximum absolute atomic E-state index is 4.96. The van der Waals surface area contributed by atoms with Crippen LogP contribution in [-0.2, 0) is 0 Å².